The molecule has 114 valence electrons. The van der Waals surface area contributed by atoms with E-state index in [9.17, 15) is 18.3 Å². The van der Waals surface area contributed by atoms with Gasteiger partial charge in [0.25, 0.3) is 0 Å². The van der Waals surface area contributed by atoms with E-state index in [1.807, 2.05) is 6.92 Å². The molecule has 21 heavy (non-hydrogen) atoms. The van der Waals surface area contributed by atoms with Crippen molar-refractivity contribution in [1.29, 1.82) is 0 Å². The van der Waals surface area contributed by atoms with Crippen molar-refractivity contribution < 1.29 is 18.3 Å². The van der Waals surface area contributed by atoms with Gasteiger partial charge in [-0.15, -0.1) is 0 Å². The Hall–Kier alpha value is -2.02. The molecule has 1 aromatic heterocycles. The number of aryl methyl sites for hydroxylation is 1. The molecule has 1 heterocycles. The van der Waals surface area contributed by atoms with Gasteiger partial charge in [-0.25, -0.2) is 0 Å². The molecule has 0 radical (unpaired) electrons. The van der Waals surface area contributed by atoms with Gasteiger partial charge in [0.1, 0.15) is 6.10 Å². The van der Waals surface area contributed by atoms with Gasteiger partial charge in [-0.05, 0) is 24.6 Å². The summed E-state index contributed by atoms with van der Waals surface area (Å²) in [5.74, 6) is 0. The Kier molecular flexibility index (Phi) is 4.22. The lowest BCUT2D eigenvalue weighted by Crippen LogP contribution is -2.09. The predicted molar refractivity (Wildman–Crippen MR) is 72.4 cm³/mol. The minimum atomic E-state index is -4.48. The first-order valence-electron chi connectivity index (χ1n) is 6.50. The number of hydrogen-bond donors (Lipinski definition) is 2. The van der Waals surface area contributed by atoms with Crippen LogP contribution in [0.15, 0.2) is 30.6 Å². The van der Waals surface area contributed by atoms with E-state index < -0.39 is 17.8 Å². The highest BCUT2D eigenvalue weighted by Crippen LogP contribution is 2.34. The van der Waals surface area contributed by atoms with Gasteiger partial charge in [-0.1, -0.05) is 6.92 Å². The maximum Gasteiger partial charge on any atom is 0.416 e. The van der Waals surface area contributed by atoms with E-state index in [1.54, 1.807) is 10.9 Å². The molecule has 0 saturated heterocycles. The zero-order valence-corrected chi connectivity index (χ0v) is 11.4. The van der Waals surface area contributed by atoms with Crippen LogP contribution in [0.5, 0.6) is 0 Å². The predicted octanol–water partition coefficient (Wildman–Crippen LogP) is 2.98. The zero-order valence-electron chi connectivity index (χ0n) is 11.4. The number of benzene rings is 1. The molecular weight excluding hydrogens is 283 g/mol. The van der Waals surface area contributed by atoms with Gasteiger partial charge in [-0.3, -0.25) is 4.68 Å². The molecule has 0 bridgehead atoms. The van der Waals surface area contributed by atoms with E-state index in [4.69, 9.17) is 5.73 Å². The number of nitrogen functional groups attached to an aromatic ring is 1. The number of halogens is 3. The normalized spacial score (nSPS) is 13.4. The lowest BCUT2D eigenvalue weighted by molar-refractivity contribution is -0.137. The van der Waals surface area contributed by atoms with Gasteiger partial charge in [0, 0.05) is 29.6 Å². The molecule has 0 aliphatic rings. The van der Waals surface area contributed by atoms with Crippen molar-refractivity contribution in [2.45, 2.75) is 32.2 Å². The Morgan fingerprint density at radius 1 is 1.38 bits per heavy atom. The van der Waals surface area contributed by atoms with Crippen LogP contribution < -0.4 is 5.73 Å². The molecule has 3 N–H and O–H groups in total. The summed E-state index contributed by atoms with van der Waals surface area (Å²) < 4.78 is 39.8. The zero-order chi connectivity index (χ0) is 15.6. The molecular formula is C14H16F3N3O. The highest BCUT2D eigenvalue weighted by Gasteiger charge is 2.31. The number of anilines is 1. The molecule has 1 unspecified atom stereocenters. The number of aliphatic hydroxyl groups excluding tert-OH is 1. The standard InChI is InChI=1S/C14H16F3N3O/c1-2-5-20-8-9(7-19-20)13(21)11-6-10(14(15,16)17)3-4-12(11)18/h3-4,6-8,13,21H,2,5,18H2,1H3. The van der Waals surface area contributed by atoms with Crippen molar-refractivity contribution in [1.82, 2.24) is 9.78 Å². The lowest BCUT2D eigenvalue weighted by Gasteiger charge is -2.15. The monoisotopic (exact) mass is 299 g/mol. The Morgan fingerprint density at radius 2 is 2.10 bits per heavy atom. The fourth-order valence-corrected chi connectivity index (χ4v) is 2.04. The fourth-order valence-electron chi connectivity index (χ4n) is 2.04. The summed E-state index contributed by atoms with van der Waals surface area (Å²) in [6, 6.07) is 2.92. The summed E-state index contributed by atoms with van der Waals surface area (Å²) in [5.41, 5.74) is 5.39. The number of rotatable bonds is 4. The van der Waals surface area contributed by atoms with E-state index >= 15 is 0 Å². The van der Waals surface area contributed by atoms with E-state index in [0.717, 1.165) is 24.6 Å². The van der Waals surface area contributed by atoms with Crippen molar-refractivity contribution in [3.63, 3.8) is 0 Å². The molecule has 4 nitrogen and oxygen atoms in total. The van der Waals surface area contributed by atoms with Crippen LogP contribution in [-0.4, -0.2) is 14.9 Å². The Morgan fingerprint density at radius 3 is 2.71 bits per heavy atom. The average molecular weight is 299 g/mol. The van der Waals surface area contributed by atoms with Gasteiger partial charge < -0.3 is 10.8 Å². The number of nitrogens with two attached hydrogens (primary N) is 1. The third-order valence-electron chi connectivity index (χ3n) is 3.13. The van der Waals surface area contributed by atoms with Crippen LogP contribution in [0.1, 0.15) is 36.1 Å². The van der Waals surface area contributed by atoms with Crippen molar-refractivity contribution in [3.05, 3.63) is 47.3 Å². The van der Waals surface area contributed by atoms with Crippen molar-refractivity contribution >= 4 is 5.69 Å². The van der Waals surface area contributed by atoms with Crippen LogP contribution in [0.3, 0.4) is 0 Å². The Balaban J connectivity index is 2.35. The highest BCUT2D eigenvalue weighted by atomic mass is 19.4. The molecule has 0 saturated carbocycles. The van der Waals surface area contributed by atoms with Crippen LogP contribution >= 0.6 is 0 Å². The Bertz CT molecular complexity index is 622. The number of alkyl halides is 3. The summed E-state index contributed by atoms with van der Waals surface area (Å²) in [7, 11) is 0. The van der Waals surface area contributed by atoms with Crippen molar-refractivity contribution in [2.24, 2.45) is 0 Å². The quantitative estimate of drug-likeness (QED) is 0.853. The van der Waals surface area contributed by atoms with E-state index in [1.165, 1.54) is 6.20 Å². The molecule has 1 atom stereocenters. The molecule has 7 heteroatoms. The number of aliphatic hydroxyl groups is 1. The molecule has 2 aromatic rings. The van der Waals surface area contributed by atoms with Gasteiger partial charge in [0.05, 0.1) is 11.8 Å². The Labute approximate surface area is 120 Å². The second-order valence-corrected chi connectivity index (χ2v) is 4.78. The minimum Gasteiger partial charge on any atom is -0.398 e. The molecule has 1 aromatic carbocycles. The summed E-state index contributed by atoms with van der Waals surface area (Å²) >= 11 is 0. The third kappa shape index (κ3) is 3.36. The molecule has 0 aliphatic carbocycles. The molecule has 0 fully saturated rings. The van der Waals surface area contributed by atoms with Crippen LogP contribution in [0, 0.1) is 0 Å². The summed E-state index contributed by atoms with van der Waals surface area (Å²) in [5, 5.41) is 14.3. The van der Waals surface area contributed by atoms with E-state index in [-0.39, 0.29) is 11.3 Å². The van der Waals surface area contributed by atoms with Crippen molar-refractivity contribution in [2.75, 3.05) is 5.73 Å². The number of nitrogens with zero attached hydrogens (tertiary/aromatic N) is 2. The molecule has 0 spiro atoms. The first-order chi connectivity index (χ1) is 9.82. The largest absolute Gasteiger partial charge is 0.416 e. The second kappa shape index (κ2) is 5.77. The van der Waals surface area contributed by atoms with Gasteiger partial charge in [0.2, 0.25) is 0 Å². The van der Waals surface area contributed by atoms with E-state index in [0.29, 0.717) is 12.1 Å². The van der Waals surface area contributed by atoms with Gasteiger partial charge >= 0.3 is 6.18 Å². The minimum absolute atomic E-state index is 0.0286. The molecule has 0 amide bonds. The maximum absolute atomic E-state index is 12.7. The lowest BCUT2D eigenvalue weighted by atomic mass is 10.00. The average Bonchev–Trinajstić information content (AvgIpc) is 2.86. The van der Waals surface area contributed by atoms with Gasteiger partial charge in [-0.2, -0.15) is 18.3 Å². The van der Waals surface area contributed by atoms with Gasteiger partial charge in [0.15, 0.2) is 0 Å². The SMILES string of the molecule is CCCn1cc(C(O)c2cc(C(F)(F)F)ccc2N)cn1. The van der Waals surface area contributed by atoms with Crippen LogP contribution in [0.4, 0.5) is 18.9 Å². The maximum atomic E-state index is 12.7. The molecule has 0 aliphatic heterocycles. The van der Waals surface area contributed by atoms with Crippen LogP contribution in [0.2, 0.25) is 0 Å². The summed E-state index contributed by atoms with van der Waals surface area (Å²) in [6.07, 6.45) is -1.82. The first-order valence-corrected chi connectivity index (χ1v) is 6.50. The summed E-state index contributed by atoms with van der Waals surface area (Å²) in [6.45, 7) is 2.65. The topological polar surface area (TPSA) is 64.1 Å². The fraction of sp³-hybridized carbons (Fsp3) is 0.357. The summed E-state index contributed by atoms with van der Waals surface area (Å²) in [4.78, 5) is 0. The van der Waals surface area contributed by atoms with Crippen LogP contribution in [0.25, 0.3) is 0 Å². The second-order valence-electron chi connectivity index (χ2n) is 4.78. The van der Waals surface area contributed by atoms with Crippen LogP contribution in [-0.2, 0) is 12.7 Å². The van der Waals surface area contributed by atoms with Crippen molar-refractivity contribution in [3.8, 4) is 0 Å². The number of aromatic nitrogens is 2. The first kappa shape index (κ1) is 15.4. The highest BCUT2D eigenvalue weighted by molar-refractivity contribution is 5.52. The van der Waals surface area contributed by atoms with E-state index in [2.05, 4.69) is 5.10 Å². The number of hydrogen-bond acceptors (Lipinski definition) is 3. The smallest absolute Gasteiger partial charge is 0.398 e. The third-order valence-corrected chi connectivity index (χ3v) is 3.13. The molecule has 2 rings (SSSR count).